The summed E-state index contributed by atoms with van der Waals surface area (Å²) < 4.78 is 0. The Morgan fingerprint density at radius 1 is 1.33 bits per heavy atom. The van der Waals surface area contributed by atoms with Crippen molar-refractivity contribution in [3.8, 4) is 0 Å². The van der Waals surface area contributed by atoms with E-state index >= 15 is 0 Å². The number of hydrogen-bond acceptors (Lipinski definition) is 2. The molecule has 0 aliphatic carbocycles. The van der Waals surface area contributed by atoms with Gasteiger partial charge in [0.25, 0.3) is 0 Å². The highest BCUT2D eigenvalue weighted by molar-refractivity contribution is 4.86. The second-order valence-electron chi connectivity index (χ2n) is 6.02. The van der Waals surface area contributed by atoms with Crippen LogP contribution in [0, 0.1) is 11.8 Å². The Morgan fingerprint density at radius 3 is 2.40 bits per heavy atom. The van der Waals surface area contributed by atoms with Gasteiger partial charge in [-0.3, -0.25) is 0 Å². The maximum atomic E-state index is 10.1. The number of hydrogen-bond donors (Lipinski definition) is 1. The van der Waals surface area contributed by atoms with E-state index in [4.69, 9.17) is 0 Å². The molecule has 0 aromatic rings. The fourth-order valence-corrected chi connectivity index (χ4v) is 2.76. The minimum Gasteiger partial charge on any atom is -0.390 e. The van der Waals surface area contributed by atoms with Gasteiger partial charge in [0.2, 0.25) is 0 Å². The van der Waals surface area contributed by atoms with E-state index in [-0.39, 0.29) is 0 Å². The van der Waals surface area contributed by atoms with Crippen LogP contribution in [0.2, 0.25) is 0 Å². The molecule has 1 aliphatic heterocycles. The summed E-state index contributed by atoms with van der Waals surface area (Å²) in [5.74, 6) is 1.13. The maximum Gasteiger partial charge on any atom is 0.0620 e. The molecule has 0 aromatic carbocycles. The molecule has 90 valence electrons. The smallest absolute Gasteiger partial charge is 0.0620 e. The Kier molecular flexibility index (Phi) is 4.19. The van der Waals surface area contributed by atoms with Crippen LogP contribution in [-0.2, 0) is 0 Å². The Balaban J connectivity index is 2.72. The van der Waals surface area contributed by atoms with Gasteiger partial charge in [0, 0.05) is 6.04 Å². The molecule has 2 nitrogen and oxygen atoms in total. The molecule has 2 heteroatoms. The van der Waals surface area contributed by atoms with Gasteiger partial charge >= 0.3 is 0 Å². The monoisotopic (exact) mass is 213 g/mol. The molecule has 1 fully saturated rings. The highest BCUT2D eigenvalue weighted by Crippen LogP contribution is 2.32. The summed E-state index contributed by atoms with van der Waals surface area (Å²) in [6.07, 6.45) is 3.52. The zero-order chi connectivity index (χ0) is 11.6. The van der Waals surface area contributed by atoms with Crippen LogP contribution >= 0.6 is 0 Å². The fraction of sp³-hybridized carbons (Fsp3) is 1.00. The predicted octanol–water partition coefficient (Wildman–Crippen LogP) is 2.51. The van der Waals surface area contributed by atoms with Gasteiger partial charge in [0.05, 0.1) is 5.60 Å². The van der Waals surface area contributed by atoms with Gasteiger partial charge in [-0.1, -0.05) is 13.8 Å². The van der Waals surface area contributed by atoms with Gasteiger partial charge in [-0.25, -0.2) is 0 Å². The molecule has 1 rings (SSSR count). The molecule has 1 N–H and O–H groups in total. The molecular formula is C13H27NO. The zero-order valence-electron chi connectivity index (χ0n) is 11.0. The Labute approximate surface area is 94.7 Å². The summed E-state index contributed by atoms with van der Waals surface area (Å²) in [6, 6.07) is 0.629. The molecule has 0 bridgehead atoms. The van der Waals surface area contributed by atoms with E-state index in [0.29, 0.717) is 17.9 Å². The molecule has 0 radical (unpaired) electrons. The molecule has 0 amide bonds. The highest BCUT2D eigenvalue weighted by atomic mass is 16.3. The van der Waals surface area contributed by atoms with E-state index in [2.05, 4.69) is 25.8 Å². The zero-order valence-corrected chi connectivity index (χ0v) is 11.0. The lowest BCUT2D eigenvalue weighted by Crippen LogP contribution is -2.39. The van der Waals surface area contributed by atoms with Crippen LogP contribution in [0.3, 0.4) is 0 Å². The third kappa shape index (κ3) is 3.46. The average molecular weight is 213 g/mol. The first kappa shape index (κ1) is 13.0. The molecule has 1 heterocycles. The van der Waals surface area contributed by atoms with E-state index in [1.165, 1.54) is 13.0 Å². The first-order chi connectivity index (χ1) is 6.82. The Hall–Kier alpha value is -0.0800. The molecule has 0 spiro atoms. The maximum absolute atomic E-state index is 10.1. The lowest BCUT2D eigenvalue weighted by Gasteiger charge is -2.34. The summed E-state index contributed by atoms with van der Waals surface area (Å²) >= 11 is 0. The normalized spacial score (nSPS) is 30.6. The van der Waals surface area contributed by atoms with Crippen molar-refractivity contribution in [3.05, 3.63) is 0 Å². The fourth-order valence-electron chi connectivity index (χ4n) is 2.76. The van der Waals surface area contributed by atoms with Gasteiger partial charge in [-0.05, 0) is 58.5 Å². The second kappa shape index (κ2) is 4.84. The second-order valence-corrected chi connectivity index (χ2v) is 6.02. The van der Waals surface area contributed by atoms with E-state index in [9.17, 15) is 5.11 Å². The summed E-state index contributed by atoms with van der Waals surface area (Å²) in [5.41, 5.74) is -0.516. The van der Waals surface area contributed by atoms with Crippen molar-refractivity contribution in [2.75, 3.05) is 13.6 Å². The molecule has 2 unspecified atom stereocenters. The van der Waals surface area contributed by atoms with Crippen LogP contribution in [0.25, 0.3) is 0 Å². The van der Waals surface area contributed by atoms with Crippen molar-refractivity contribution >= 4 is 0 Å². The standard InChI is InChI=1S/C13H27NO/c1-10(2)12-9-11(13(3,4)15)7-6-8-14(12)5/h10-12,15H,6-9H2,1-5H3. The van der Waals surface area contributed by atoms with Crippen molar-refractivity contribution in [2.45, 2.75) is 58.6 Å². The van der Waals surface area contributed by atoms with E-state index < -0.39 is 5.60 Å². The summed E-state index contributed by atoms with van der Waals surface area (Å²) in [5, 5.41) is 10.1. The van der Waals surface area contributed by atoms with Crippen LogP contribution in [0.5, 0.6) is 0 Å². The van der Waals surface area contributed by atoms with E-state index in [1.54, 1.807) is 0 Å². The first-order valence-electron chi connectivity index (χ1n) is 6.25. The van der Waals surface area contributed by atoms with Gasteiger partial charge in [0.15, 0.2) is 0 Å². The number of nitrogens with zero attached hydrogens (tertiary/aromatic N) is 1. The Bertz CT molecular complexity index is 195. The minimum absolute atomic E-state index is 0.454. The molecular weight excluding hydrogens is 186 g/mol. The van der Waals surface area contributed by atoms with Crippen molar-refractivity contribution in [3.63, 3.8) is 0 Å². The SMILES string of the molecule is CC(C)C1CC(C(C)(C)O)CCCN1C. The summed E-state index contributed by atoms with van der Waals surface area (Å²) in [6.45, 7) is 9.66. The van der Waals surface area contributed by atoms with Crippen molar-refractivity contribution < 1.29 is 5.11 Å². The molecule has 1 saturated heterocycles. The predicted molar refractivity (Wildman–Crippen MR) is 64.9 cm³/mol. The van der Waals surface area contributed by atoms with Crippen LogP contribution < -0.4 is 0 Å². The van der Waals surface area contributed by atoms with Crippen LogP contribution in [-0.4, -0.2) is 35.2 Å². The van der Waals surface area contributed by atoms with Crippen LogP contribution in [0.4, 0.5) is 0 Å². The van der Waals surface area contributed by atoms with E-state index in [1.807, 2.05) is 13.8 Å². The third-order valence-corrected chi connectivity index (χ3v) is 3.92. The topological polar surface area (TPSA) is 23.5 Å². The lowest BCUT2D eigenvalue weighted by molar-refractivity contribution is 0.00240. The largest absolute Gasteiger partial charge is 0.390 e. The summed E-state index contributed by atoms with van der Waals surface area (Å²) in [4.78, 5) is 2.47. The molecule has 0 aromatic heterocycles. The lowest BCUT2D eigenvalue weighted by atomic mass is 9.81. The van der Waals surface area contributed by atoms with Crippen LogP contribution in [0.1, 0.15) is 47.0 Å². The van der Waals surface area contributed by atoms with Crippen molar-refractivity contribution in [1.29, 1.82) is 0 Å². The first-order valence-corrected chi connectivity index (χ1v) is 6.25. The number of aliphatic hydroxyl groups is 1. The van der Waals surface area contributed by atoms with Gasteiger partial charge in [-0.15, -0.1) is 0 Å². The van der Waals surface area contributed by atoms with Gasteiger partial charge < -0.3 is 10.0 Å². The van der Waals surface area contributed by atoms with Gasteiger partial charge in [-0.2, -0.15) is 0 Å². The molecule has 0 saturated carbocycles. The minimum atomic E-state index is -0.516. The average Bonchev–Trinajstić information content (AvgIpc) is 2.25. The number of rotatable bonds is 2. The molecule has 1 aliphatic rings. The molecule has 15 heavy (non-hydrogen) atoms. The highest BCUT2D eigenvalue weighted by Gasteiger charge is 2.33. The van der Waals surface area contributed by atoms with Gasteiger partial charge in [0.1, 0.15) is 0 Å². The number of likely N-dealkylation sites (tertiary alicyclic amines) is 1. The van der Waals surface area contributed by atoms with Crippen LogP contribution in [0.15, 0.2) is 0 Å². The van der Waals surface area contributed by atoms with Crippen molar-refractivity contribution in [1.82, 2.24) is 4.90 Å². The third-order valence-electron chi connectivity index (χ3n) is 3.92. The molecule has 2 atom stereocenters. The Morgan fingerprint density at radius 2 is 1.93 bits per heavy atom. The quantitative estimate of drug-likeness (QED) is 0.762. The van der Waals surface area contributed by atoms with E-state index in [0.717, 1.165) is 12.8 Å². The van der Waals surface area contributed by atoms with Crippen molar-refractivity contribution in [2.24, 2.45) is 11.8 Å². The summed E-state index contributed by atoms with van der Waals surface area (Å²) in [7, 11) is 2.22.